The smallest absolute Gasteiger partial charge is 0.255 e. The molecule has 0 saturated carbocycles. The van der Waals surface area contributed by atoms with E-state index in [1.807, 2.05) is 45.0 Å². The fourth-order valence-corrected chi connectivity index (χ4v) is 6.85. The number of methoxy groups -OCH3 is 2. The second kappa shape index (κ2) is 10.2. The SMILES string of the molecule is CCC1(CC)C(=O)N(C2CCN(S(=O)(=O)c3cccc(C)c3)CC2)N=C1c1ccc(OC)c(OC)c1. The number of piperidine rings is 1. The predicted octanol–water partition coefficient (Wildman–Crippen LogP) is 4.22. The predicted molar refractivity (Wildman–Crippen MR) is 139 cm³/mol. The summed E-state index contributed by atoms with van der Waals surface area (Å²) in [5.74, 6) is 1.18. The Balaban J connectivity index is 1.60. The lowest BCUT2D eigenvalue weighted by molar-refractivity contribution is -0.139. The van der Waals surface area contributed by atoms with Gasteiger partial charge in [0, 0.05) is 18.7 Å². The Labute approximate surface area is 213 Å². The molecule has 0 atom stereocenters. The second-order valence-electron chi connectivity index (χ2n) is 9.41. The molecule has 0 aliphatic carbocycles. The van der Waals surface area contributed by atoms with Crippen LogP contribution in [0.5, 0.6) is 11.5 Å². The number of hydrogen-bond acceptors (Lipinski definition) is 6. The van der Waals surface area contributed by atoms with Crippen molar-refractivity contribution in [1.29, 1.82) is 0 Å². The molecular weight excluding hydrogens is 478 g/mol. The molecule has 2 aliphatic heterocycles. The van der Waals surface area contributed by atoms with Gasteiger partial charge in [-0.1, -0.05) is 26.0 Å². The number of ether oxygens (including phenoxy) is 2. The van der Waals surface area contributed by atoms with Gasteiger partial charge in [-0.05, 0) is 68.5 Å². The van der Waals surface area contributed by atoms with Gasteiger partial charge in [0.05, 0.1) is 36.3 Å². The molecule has 2 aromatic carbocycles. The van der Waals surface area contributed by atoms with Crippen LogP contribution in [0.4, 0.5) is 0 Å². The zero-order chi connectivity index (χ0) is 26.1. The maximum Gasteiger partial charge on any atom is 0.255 e. The summed E-state index contributed by atoms with van der Waals surface area (Å²) in [4.78, 5) is 14.1. The average molecular weight is 514 g/mol. The summed E-state index contributed by atoms with van der Waals surface area (Å²) in [6.07, 6.45) is 2.30. The molecule has 194 valence electrons. The molecule has 0 bridgehead atoms. The van der Waals surface area contributed by atoms with Gasteiger partial charge < -0.3 is 9.47 Å². The van der Waals surface area contributed by atoms with E-state index in [-0.39, 0.29) is 11.9 Å². The Morgan fingerprint density at radius 1 is 1.00 bits per heavy atom. The van der Waals surface area contributed by atoms with Crippen molar-refractivity contribution in [2.45, 2.75) is 57.4 Å². The van der Waals surface area contributed by atoms with Crippen LogP contribution in [0, 0.1) is 12.3 Å². The summed E-state index contributed by atoms with van der Waals surface area (Å²) in [6, 6.07) is 12.4. The van der Waals surface area contributed by atoms with Crippen molar-refractivity contribution in [3.05, 3.63) is 53.6 Å². The van der Waals surface area contributed by atoms with Crippen LogP contribution >= 0.6 is 0 Å². The minimum absolute atomic E-state index is 0.0164. The first-order chi connectivity index (χ1) is 17.2. The van der Waals surface area contributed by atoms with Gasteiger partial charge in [-0.3, -0.25) is 4.79 Å². The van der Waals surface area contributed by atoms with E-state index < -0.39 is 15.4 Å². The largest absolute Gasteiger partial charge is 0.493 e. The van der Waals surface area contributed by atoms with E-state index in [1.54, 1.807) is 37.4 Å². The number of amides is 1. The van der Waals surface area contributed by atoms with Crippen LogP contribution in [0.1, 0.15) is 50.7 Å². The van der Waals surface area contributed by atoms with Crippen LogP contribution < -0.4 is 9.47 Å². The highest BCUT2D eigenvalue weighted by atomic mass is 32.2. The van der Waals surface area contributed by atoms with Crippen molar-refractivity contribution >= 4 is 21.6 Å². The van der Waals surface area contributed by atoms with Gasteiger partial charge in [-0.2, -0.15) is 9.41 Å². The molecule has 0 radical (unpaired) electrons. The van der Waals surface area contributed by atoms with Gasteiger partial charge in [0.25, 0.3) is 5.91 Å². The second-order valence-corrected chi connectivity index (χ2v) is 11.3. The molecular formula is C27H35N3O5S. The first-order valence-corrected chi connectivity index (χ1v) is 13.9. The highest BCUT2D eigenvalue weighted by Gasteiger charge is 2.51. The van der Waals surface area contributed by atoms with Crippen molar-refractivity contribution in [2.75, 3.05) is 27.3 Å². The standard InChI is InChI=1S/C27H35N3O5S/c1-6-27(7-2)25(20-11-12-23(34-4)24(18-20)35-5)28-30(26(27)31)21-13-15-29(16-14-21)36(32,33)22-10-8-9-19(3)17-22/h8-12,17-18,21H,6-7,13-16H2,1-5H3. The van der Waals surface area contributed by atoms with Crippen molar-refractivity contribution < 1.29 is 22.7 Å². The molecule has 1 amide bonds. The lowest BCUT2D eigenvalue weighted by atomic mass is 9.75. The Hall–Kier alpha value is -2.91. The number of carbonyl (C=O) groups is 1. The Bertz CT molecular complexity index is 1260. The first-order valence-electron chi connectivity index (χ1n) is 12.4. The van der Waals surface area contributed by atoms with E-state index in [1.165, 1.54) is 4.31 Å². The van der Waals surface area contributed by atoms with Gasteiger partial charge in [0.2, 0.25) is 10.0 Å². The van der Waals surface area contributed by atoms with Crippen molar-refractivity contribution in [3.63, 3.8) is 0 Å². The third kappa shape index (κ3) is 4.39. The summed E-state index contributed by atoms with van der Waals surface area (Å²) in [5.41, 5.74) is 1.73. The normalized spacial score (nSPS) is 18.9. The van der Waals surface area contributed by atoms with E-state index in [4.69, 9.17) is 14.6 Å². The number of rotatable bonds is 8. The molecule has 2 aliphatic rings. The van der Waals surface area contributed by atoms with Crippen molar-refractivity contribution in [1.82, 2.24) is 9.31 Å². The minimum atomic E-state index is -3.58. The van der Waals surface area contributed by atoms with E-state index >= 15 is 0 Å². The summed E-state index contributed by atoms with van der Waals surface area (Å²) in [7, 11) is -0.406. The fraction of sp³-hybridized carbons (Fsp3) is 0.481. The number of nitrogens with zero attached hydrogens (tertiary/aromatic N) is 3. The molecule has 4 rings (SSSR count). The molecule has 1 fully saturated rings. The summed E-state index contributed by atoms with van der Waals surface area (Å²) in [5, 5.41) is 6.50. The Kier molecular flexibility index (Phi) is 7.43. The van der Waals surface area contributed by atoms with E-state index in [0.29, 0.717) is 55.2 Å². The lowest BCUT2D eigenvalue weighted by Crippen LogP contribution is -2.48. The van der Waals surface area contributed by atoms with Crippen LogP contribution in [0.2, 0.25) is 0 Å². The number of aryl methyl sites for hydroxylation is 1. The quantitative estimate of drug-likeness (QED) is 0.527. The highest BCUT2D eigenvalue weighted by molar-refractivity contribution is 7.89. The minimum Gasteiger partial charge on any atom is -0.493 e. The van der Waals surface area contributed by atoms with Crippen LogP contribution in [-0.2, 0) is 14.8 Å². The zero-order valence-corrected chi connectivity index (χ0v) is 22.5. The Morgan fingerprint density at radius 3 is 2.25 bits per heavy atom. The fourth-order valence-electron chi connectivity index (χ4n) is 5.27. The maximum absolute atomic E-state index is 13.8. The van der Waals surface area contributed by atoms with Gasteiger partial charge in [-0.15, -0.1) is 0 Å². The summed E-state index contributed by atoms with van der Waals surface area (Å²) < 4.78 is 38.7. The molecule has 0 aromatic heterocycles. The van der Waals surface area contributed by atoms with Crippen LogP contribution in [0.15, 0.2) is 52.5 Å². The highest BCUT2D eigenvalue weighted by Crippen LogP contribution is 2.42. The Morgan fingerprint density at radius 2 is 1.67 bits per heavy atom. The van der Waals surface area contributed by atoms with Gasteiger partial charge in [-0.25, -0.2) is 13.4 Å². The molecule has 2 heterocycles. The number of benzene rings is 2. The molecule has 0 spiro atoms. The van der Waals surface area contributed by atoms with Crippen molar-refractivity contribution in [2.24, 2.45) is 10.5 Å². The third-order valence-corrected chi connectivity index (χ3v) is 9.43. The maximum atomic E-state index is 13.8. The zero-order valence-electron chi connectivity index (χ0n) is 21.7. The van der Waals surface area contributed by atoms with Gasteiger partial charge in [0.1, 0.15) is 0 Å². The number of hydrogen-bond donors (Lipinski definition) is 0. The van der Waals surface area contributed by atoms with Crippen LogP contribution in [0.3, 0.4) is 0 Å². The lowest BCUT2D eigenvalue weighted by Gasteiger charge is -2.35. The van der Waals surface area contributed by atoms with Crippen molar-refractivity contribution in [3.8, 4) is 11.5 Å². The first kappa shape index (κ1) is 26.2. The monoisotopic (exact) mass is 513 g/mol. The summed E-state index contributed by atoms with van der Waals surface area (Å²) >= 11 is 0. The molecule has 0 N–H and O–H groups in total. The number of carbonyl (C=O) groups excluding carboxylic acids is 1. The molecule has 0 unspecified atom stereocenters. The van der Waals surface area contributed by atoms with Crippen LogP contribution in [-0.4, -0.2) is 62.7 Å². The molecule has 36 heavy (non-hydrogen) atoms. The van der Waals surface area contributed by atoms with Crippen LogP contribution in [0.25, 0.3) is 0 Å². The molecule has 1 saturated heterocycles. The molecule has 8 nitrogen and oxygen atoms in total. The number of sulfonamides is 1. The average Bonchev–Trinajstić information content (AvgIpc) is 3.20. The topological polar surface area (TPSA) is 88.5 Å². The van der Waals surface area contributed by atoms with Gasteiger partial charge in [0.15, 0.2) is 11.5 Å². The van der Waals surface area contributed by atoms with E-state index in [2.05, 4.69) is 0 Å². The van der Waals surface area contributed by atoms with E-state index in [0.717, 1.165) is 16.8 Å². The molecule has 9 heteroatoms. The van der Waals surface area contributed by atoms with Gasteiger partial charge >= 0.3 is 0 Å². The number of hydrazone groups is 1. The van der Waals surface area contributed by atoms with E-state index in [9.17, 15) is 13.2 Å². The third-order valence-electron chi connectivity index (χ3n) is 7.54. The molecule has 2 aromatic rings. The summed E-state index contributed by atoms with van der Waals surface area (Å²) in [6.45, 7) is 6.59.